The van der Waals surface area contributed by atoms with Crippen LogP contribution in [0.25, 0.3) is 0 Å². The van der Waals surface area contributed by atoms with E-state index in [1.54, 1.807) is 36.4 Å². The second-order valence-corrected chi connectivity index (χ2v) is 9.94. The van der Waals surface area contributed by atoms with Gasteiger partial charge in [0.2, 0.25) is 0 Å². The molecule has 0 unspecified atom stereocenters. The number of hydrogen-bond donors (Lipinski definition) is 0. The molecule has 0 spiro atoms. The fourth-order valence-corrected chi connectivity index (χ4v) is 4.58. The summed E-state index contributed by atoms with van der Waals surface area (Å²) in [5.41, 5.74) is 4.77. The van der Waals surface area contributed by atoms with E-state index in [2.05, 4.69) is 49.7 Å². The third-order valence-corrected chi connectivity index (χ3v) is 6.63. The number of imide groups is 1. The molecule has 168 valence electrons. The van der Waals surface area contributed by atoms with Gasteiger partial charge in [-0.15, -0.1) is 0 Å². The molecule has 4 nitrogen and oxygen atoms in total. The smallest absolute Gasteiger partial charge is 0.261 e. The molecule has 0 atom stereocenters. The van der Waals surface area contributed by atoms with Gasteiger partial charge in [-0.1, -0.05) is 80.0 Å². The van der Waals surface area contributed by atoms with E-state index in [-0.39, 0.29) is 30.1 Å². The van der Waals surface area contributed by atoms with E-state index in [9.17, 15) is 14.4 Å². The van der Waals surface area contributed by atoms with Gasteiger partial charge >= 0.3 is 0 Å². The van der Waals surface area contributed by atoms with Crippen molar-refractivity contribution < 1.29 is 14.4 Å². The Balaban J connectivity index is 1.74. The summed E-state index contributed by atoms with van der Waals surface area (Å²) in [4.78, 5) is 40.8. The minimum Gasteiger partial charge on any atom is -0.289 e. The number of carbonyl (C=O) groups excluding carboxylic acids is 3. The lowest BCUT2D eigenvalue weighted by Gasteiger charge is -2.19. The van der Waals surface area contributed by atoms with Crippen LogP contribution in [-0.4, -0.2) is 22.5 Å². The van der Waals surface area contributed by atoms with Gasteiger partial charge in [-0.25, -0.2) is 0 Å². The van der Waals surface area contributed by atoms with Crippen molar-refractivity contribution in [1.82, 2.24) is 4.90 Å². The van der Waals surface area contributed by atoms with Crippen LogP contribution in [-0.2, 0) is 6.54 Å². The molecule has 1 heterocycles. The van der Waals surface area contributed by atoms with Crippen LogP contribution < -0.4 is 0 Å². The Morgan fingerprint density at radius 2 is 1.45 bits per heavy atom. The predicted molar refractivity (Wildman–Crippen MR) is 133 cm³/mol. The van der Waals surface area contributed by atoms with E-state index in [1.807, 2.05) is 18.2 Å². The van der Waals surface area contributed by atoms with Crippen LogP contribution in [0.3, 0.4) is 0 Å². The zero-order valence-corrected chi connectivity index (χ0v) is 20.8. The molecule has 1 aliphatic heterocycles. The van der Waals surface area contributed by atoms with Gasteiger partial charge < -0.3 is 0 Å². The van der Waals surface area contributed by atoms with Crippen LogP contribution in [0.5, 0.6) is 0 Å². The number of fused-ring (bicyclic) bond motifs is 1. The highest BCUT2D eigenvalue weighted by molar-refractivity contribution is 9.10. The summed E-state index contributed by atoms with van der Waals surface area (Å²) in [7, 11) is 0. The predicted octanol–water partition coefficient (Wildman–Crippen LogP) is 6.72. The Hall–Kier alpha value is -3.05. The van der Waals surface area contributed by atoms with Crippen LogP contribution in [0.15, 0.2) is 65.1 Å². The van der Waals surface area contributed by atoms with Crippen molar-refractivity contribution in [2.75, 3.05) is 0 Å². The summed E-state index contributed by atoms with van der Waals surface area (Å²) < 4.78 is 0.766. The minimum atomic E-state index is -0.332. The number of hydrogen-bond acceptors (Lipinski definition) is 3. The summed E-state index contributed by atoms with van der Waals surface area (Å²) in [5, 5.41) is 0. The molecular weight excluding hydrogens is 478 g/mol. The second kappa shape index (κ2) is 9.06. The number of ketones is 1. The van der Waals surface area contributed by atoms with Crippen molar-refractivity contribution in [2.45, 2.75) is 46.1 Å². The van der Waals surface area contributed by atoms with Crippen LogP contribution in [0, 0.1) is 0 Å². The normalized spacial score (nSPS) is 13.2. The zero-order valence-electron chi connectivity index (χ0n) is 19.2. The van der Waals surface area contributed by atoms with Gasteiger partial charge in [-0.05, 0) is 52.8 Å². The third kappa shape index (κ3) is 4.30. The molecule has 5 heteroatoms. The number of carbonyl (C=O) groups is 3. The van der Waals surface area contributed by atoms with Crippen molar-refractivity contribution in [3.8, 4) is 0 Å². The first-order valence-electron chi connectivity index (χ1n) is 11.1. The number of nitrogens with zero attached hydrogens (tertiary/aromatic N) is 1. The lowest BCUT2D eigenvalue weighted by molar-refractivity contribution is 0.0640. The zero-order chi connectivity index (χ0) is 23.9. The van der Waals surface area contributed by atoms with Crippen molar-refractivity contribution in [1.29, 1.82) is 0 Å². The number of halogens is 1. The Kier molecular flexibility index (Phi) is 6.35. The highest BCUT2D eigenvalue weighted by atomic mass is 79.9. The number of rotatable bonds is 6. The average molecular weight is 504 g/mol. The maximum absolute atomic E-state index is 13.8. The molecular formula is C28H26BrNO3. The highest BCUT2D eigenvalue weighted by Gasteiger charge is 2.35. The summed E-state index contributed by atoms with van der Waals surface area (Å²) >= 11 is 3.48. The van der Waals surface area contributed by atoms with Gasteiger partial charge in [0.15, 0.2) is 5.78 Å². The van der Waals surface area contributed by atoms with E-state index < -0.39 is 0 Å². The van der Waals surface area contributed by atoms with Crippen LogP contribution >= 0.6 is 15.9 Å². The molecule has 0 bridgehead atoms. The van der Waals surface area contributed by atoms with Gasteiger partial charge in [0, 0.05) is 15.6 Å². The van der Waals surface area contributed by atoms with E-state index in [1.165, 1.54) is 10.5 Å². The highest BCUT2D eigenvalue weighted by Crippen LogP contribution is 2.30. The molecule has 1 aliphatic rings. The SMILES string of the molecule is CC(C)c1ccc(C(=O)c2cc(Br)ccc2CN2C(=O)c3ccccc3C2=O)c(C(C)C)c1. The van der Waals surface area contributed by atoms with E-state index in [0.717, 1.165) is 10.0 Å². The number of amides is 2. The lowest BCUT2D eigenvalue weighted by Crippen LogP contribution is -2.30. The Morgan fingerprint density at radius 3 is 2.03 bits per heavy atom. The van der Waals surface area contributed by atoms with E-state index in [4.69, 9.17) is 0 Å². The van der Waals surface area contributed by atoms with Gasteiger partial charge in [-0.2, -0.15) is 0 Å². The molecule has 3 aromatic rings. The Bertz CT molecular complexity index is 1240. The summed E-state index contributed by atoms with van der Waals surface area (Å²) in [5.74, 6) is -0.236. The Labute approximate surface area is 202 Å². The van der Waals surface area contributed by atoms with Gasteiger partial charge in [0.25, 0.3) is 11.8 Å². The van der Waals surface area contributed by atoms with E-state index >= 15 is 0 Å². The van der Waals surface area contributed by atoms with Crippen LogP contribution in [0.2, 0.25) is 0 Å². The largest absolute Gasteiger partial charge is 0.289 e. The van der Waals surface area contributed by atoms with Gasteiger partial charge in [-0.3, -0.25) is 19.3 Å². The first-order chi connectivity index (χ1) is 15.7. The van der Waals surface area contributed by atoms with Crippen LogP contribution in [0.4, 0.5) is 0 Å². The first-order valence-corrected chi connectivity index (χ1v) is 11.9. The molecule has 0 aromatic heterocycles. The number of benzene rings is 3. The second-order valence-electron chi connectivity index (χ2n) is 9.03. The standard InChI is InChI=1S/C28H26BrNO3/c1-16(2)18-10-12-21(24(13-18)17(3)4)26(31)25-14-20(29)11-9-19(25)15-30-27(32)22-7-5-6-8-23(22)28(30)33/h5-14,16-17H,15H2,1-4H3. The topological polar surface area (TPSA) is 54.5 Å². The molecule has 2 amide bonds. The molecule has 0 radical (unpaired) electrons. The molecule has 0 aliphatic carbocycles. The fraction of sp³-hybridized carbons (Fsp3) is 0.250. The molecule has 33 heavy (non-hydrogen) atoms. The fourth-order valence-electron chi connectivity index (χ4n) is 4.22. The summed E-state index contributed by atoms with van der Waals surface area (Å²) in [6, 6.07) is 18.2. The molecule has 0 saturated carbocycles. The summed E-state index contributed by atoms with van der Waals surface area (Å²) in [6.07, 6.45) is 0. The van der Waals surface area contributed by atoms with Gasteiger partial charge in [0.05, 0.1) is 17.7 Å². The van der Waals surface area contributed by atoms with Crippen molar-refractivity contribution in [2.24, 2.45) is 0 Å². The molecule has 0 fully saturated rings. The molecule has 3 aromatic carbocycles. The Morgan fingerprint density at radius 1 is 0.818 bits per heavy atom. The molecule has 4 rings (SSSR count). The minimum absolute atomic E-state index is 0.0434. The maximum atomic E-state index is 13.8. The maximum Gasteiger partial charge on any atom is 0.261 e. The van der Waals surface area contributed by atoms with Gasteiger partial charge in [0.1, 0.15) is 0 Å². The first kappa shape index (κ1) is 23.1. The lowest BCUT2D eigenvalue weighted by atomic mass is 9.87. The quantitative estimate of drug-likeness (QED) is 0.277. The molecule has 0 saturated heterocycles. The third-order valence-electron chi connectivity index (χ3n) is 6.13. The monoisotopic (exact) mass is 503 g/mol. The molecule has 0 N–H and O–H groups in total. The van der Waals surface area contributed by atoms with Crippen LogP contribution in [0.1, 0.15) is 92.9 Å². The summed E-state index contributed by atoms with van der Waals surface area (Å²) in [6.45, 7) is 8.47. The van der Waals surface area contributed by atoms with Crippen molar-refractivity contribution >= 4 is 33.5 Å². The van der Waals surface area contributed by atoms with Crippen molar-refractivity contribution in [3.05, 3.63) is 104 Å². The average Bonchev–Trinajstić information content (AvgIpc) is 3.04. The van der Waals surface area contributed by atoms with Crippen molar-refractivity contribution in [3.63, 3.8) is 0 Å². The van der Waals surface area contributed by atoms with E-state index in [0.29, 0.717) is 33.7 Å².